The third-order valence-electron chi connectivity index (χ3n) is 6.36. The van der Waals surface area contributed by atoms with E-state index in [1.807, 2.05) is 36.0 Å². The van der Waals surface area contributed by atoms with E-state index < -0.39 is 0 Å². The number of amides is 1. The Kier molecular flexibility index (Phi) is 8.49. The van der Waals surface area contributed by atoms with Crippen molar-refractivity contribution < 1.29 is 4.79 Å². The molecule has 188 valence electrons. The van der Waals surface area contributed by atoms with Crippen LogP contribution in [0.2, 0.25) is 0 Å². The van der Waals surface area contributed by atoms with Gasteiger partial charge in [-0.15, -0.1) is 0 Å². The van der Waals surface area contributed by atoms with Gasteiger partial charge in [-0.25, -0.2) is 4.98 Å². The Morgan fingerprint density at radius 2 is 2.03 bits per heavy atom. The van der Waals surface area contributed by atoms with Crippen molar-refractivity contribution in [2.75, 3.05) is 17.6 Å². The molecule has 0 fully saturated rings. The molecular weight excluding hydrogens is 450 g/mol. The second-order valence-corrected chi connectivity index (χ2v) is 9.32. The van der Waals surface area contributed by atoms with Gasteiger partial charge in [0.2, 0.25) is 5.91 Å². The van der Waals surface area contributed by atoms with Crippen molar-refractivity contribution in [3.8, 4) is 0 Å². The predicted molar refractivity (Wildman–Crippen MR) is 145 cm³/mol. The topological polar surface area (TPSA) is 122 Å². The number of fused-ring (bicyclic) bond motifs is 1. The molecule has 36 heavy (non-hydrogen) atoms. The molecule has 5 N–H and O–H groups in total. The van der Waals surface area contributed by atoms with Gasteiger partial charge in [0, 0.05) is 42.5 Å². The summed E-state index contributed by atoms with van der Waals surface area (Å²) in [5.41, 5.74) is 10.7. The summed E-state index contributed by atoms with van der Waals surface area (Å²) in [4.78, 5) is 16.6. The Morgan fingerprint density at radius 3 is 2.86 bits per heavy atom. The zero-order chi connectivity index (χ0) is 25.3. The van der Waals surface area contributed by atoms with Crippen molar-refractivity contribution in [2.45, 2.75) is 58.0 Å². The minimum atomic E-state index is 0.0485. The number of hydrogen-bond acceptors (Lipinski definition) is 6. The fourth-order valence-corrected chi connectivity index (χ4v) is 4.37. The smallest absolute Gasteiger partial charge is 0.220 e. The number of allylic oxidation sites excluding steroid dienone is 1. The van der Waals surface area contributed by atoms with Crippen molar-refractivity contribution in [1.82, 2.24) is 20.1 Å². The van der Waals surface area contributed by atoms with Gasteiger partial charge in [-0.1, -0.05) is 48.9 Å². The van der Waals surface area contributed by atoms with Crippen LogP contribution in [0.15, 0.2) is 55.0 Å². The van der Waals surface area contributed by atoms with E-state index in [1.165, 1.54) is 0 Å². The number of nitrogens with zero attached hydrogens (tertiary/aromatic N) is 3. The maximum Gasteiger partial charge on any atom is 0.220 e. The lowest BCUT2D eigenvalue weighted by Gasteiger charge is -2.19. The largest absolute Gasteiger partial charge is 0.384 e. The van der Waals surface area contributed by atoms with Crippen LogP contribution in [0, 0.1) is 5.41 Å². The van der Waals surface area contributed by atoms with Crippen LogP contribution >= 0.6 is 0 Å². The number of nitrogens with one attached hydrogen (secondary N) is 3. The second kappa shape index (κ2) is 12.2. The molecule has 2 aromatic heterocycles. The van der Waals surface area contributed by atoms with Crippen LogP contribution in [0.3, 0.4) is 0 Å². The number of nitrogens with two attached hydrogens (primary N) is 1. The first-order valence-corrected chi connectivity index (χ1v) is 12.6. The molecule has 1 aliphatic heterocycles. The number of carbonyl (C=O) groups excluding carboxylic acids is 1. The molecule has 1 aromatic carbocycles. The van der Waals surface area contributed by atoms with Crippen LogP contribution in [0.4, 0.5) is 11.5 Å². The summed E-state index contributed by atoms with van der Waals surface area (Å²) in [6, 6.07) is 10.1. The van der Waals surface area contributed by atoms with Crippen LogP contribution in [-0.2, 0) is 11.3 Å². The van der Waals surface area contributed by atoms with Crippen LogP contribution in [0.25, 0.3) is 6.08 Å². The molecule has 0 aliphatic carbocycles. The zero-order valence-electron chi connectivity index (χ0n) is 20.8. The Balaban J connectivity index is 1.61. The van der Waals surface area contributed by atoms with Gasteiger partial charge in [0.1, 0.15) is 5.82 Å². The van der Waals surface area contributed by atoms with E-state index >= 15 is 0 Å². The lowest BCUT2D eigenvalue weighted by molar-refractivity contribution is -0.121. The number of nitrogen functional groups attached to an aromatic ring is 1. The number of benzene rings is 1. The Morgan fingerprint density at radius 1 is 1.19 bits per heavy atom. The van der Waals surface area contributed by atoms with Crippen molar-refractivity contribution in [2.24, 2.45) is 0 Å². The van der Waals surface area contributed by atoms with Gasteiger partial charge < -0.3 is 16.4 Å². The van der Waals surface area contributed by atoms with E-state index in [-0.39, 0.29) is 17.7 Å². The number of hydrogen-bond donors (Lipinski definition) is 4. The summed E-state index contributed by atoms with van der Waals surface area (Å²) in [7, 11) is 0. The van der Waals surface area contributed by atoms with Gasteiger partial charge in [0.15, 0.2) is 0 Å². The first-order valence-electron chi connectivity index (χ1n) is 12.6. The molecule has 8 nitrogen and oxygen atoms in total. The summed E-state index contributed by atoms with van der Waals surface area (Å²) in [6.45, 7) is 3.27. The van der Waals surface area contributed by atoms with Gasteiger partial charge >= 0.3 is 0 Å². The van der Waals surface area contributed by atoms with E-state index in [1.54, 1.807) is 12.4 Å². The van der Waals surface area contributed by atoms with E-state index in [2.05, 4.69) is 45.0 Å². The molecule has 0 bridgehead atoms. The average molecular weight is 486 g/mol. The first kappa shape index (κ1) is 25.2. The Labute approximate surface area is 212 Å². The molecule has 1 amide bonds. The summed E-state index contributed by atoms with van der Waals surface area (Å²) < 4.78 is 1.82. The molecule has 0 saturated carbocycles. The third kappa shape index (κ3) is 6.59. The molecule has 0 unspecified atom stereocenters. The van der Waals surface area contributed by atoms with E-state index in [9.17, 15) is 4.79 Å². The van der Waals surface area contributed by atoms with Gasteiger partial charge in [-0.2, -0.15) is 5.10 Å². The summed E-state index contributed by atoms with van der Waals surface area (Å²) >= 11 is 0. The second-order valence-electron chi connectivity index (χ2n) is 9.32. The highest BCUT2D eigenvalue weighted by molar-refractivity contribution is 6.17. The number of carbonyl (C=O) groups is 1. The average Bonchev–Trinajstić information content (AvgIpc) is 3.32. The predicted octanol–water partition coefficient (Wildman–Crippen LogP) is 4.61. The fraction of sp³-hybridized carbons (Fsp3) is 0.357. The quantitative estimate of drug-likeness (QED) is 0.402. The van der Waals surface area contributed by atoms with Crippen LogP contribution < -0.4 is 16.4 Å². The number of pyridine rings is 1. The molecule has 8 heteroatoms. The Bertz CT molecular complexity index is 1220. The molecule has 4 rings (SSSR count). The number of rotatable bonds is 4. The van der Waals surface area contributed by atoms with Crippen LogP contribution in [0.5, 0.6) is 0 Å². The van der Waals surface area contributed by atoms with Crippen molar-refractivity contribution in [3.63, 3.8) is 0 Å². The van der Waals surface area contributed by atoms with Crippen LogP contribution in [-0.4, -0.2) is 39.0 Å². The standard InChI is InChI=1S/C28H35N7O/c1-20-14-15-31-27-22(12-8-3-2-4-9-13-24(36)34-20)16-32-28(30)25(27)26(29)23-17-33-35(19-23)18-21-10-6-5-7-11-21/h5-8,10-12,16-17,19-20,29,31H,2-4,9,13-15,18H2,1H3,(H2,30,32)(H,34,36)/b12-8+,29-26?/t20-/m1/s1. The molecule has 0 saturated heterocycles. The minimum Gasteiger partial charge on any atom is -0.384 e. The summed E-state index contributed by atoms with van der Waals surface area (Å²) in [5, 5.41) is 20.1. The molecular formula is C28H35N7O. The SMILES string of the molecule is C[C@@H]1CCNc2c(cnc(N)c2C(=N)c2cnn(Cc3ccccc3)c2)/C=C/CCCCCC(=O)N1. The van der Waals surface area contributed by atoms with E-state index in [0.29, 0.717) is 36.5 Å². The van der Waals surface area contributed by atoms with Crippen LogP contribution in [0.1, 0.15) is 67.7 Å². The molecule has 3 heterocycles. The van der Waals surface area contributed by atoms with Crippen molar-refractivity contribution in [1.29, 1.82) is 5.41 Å². The van der Waals surface area contributed by atoms with Crippen molar-refractivity contribution >= 4 is 29.2 Å². The maximum atomic E-state index is 12.2. The zero-order valence-corrected chi connectivity index (χ0v) is 20.8. The van der Waals surface area contributed by atoms with Gasteiger partial charge in [0.05, 0.1) is 29.7 Å². The highest BCUT2D eigenvalue weighted by Gasteiger charge is 2.19. The molecule has 1 aliphatic rings. The number of anilines is 2. The molecule has 0 radical (unpaired) electrons. The van der Waals surface area contributed by atoms with Gasteiger partial charge in [0.25, 0.3) is 0 Å². The molecule has 3 aromatic rings. The van der Waals surface area contributed by atoms with E-state index in [4.69, 9.17) is 11.1 Å². The normalized spacial score (nSPS) is 18.1. The molecule has 0 spiro atoms. The summed E-state index contributed by atoms with van der Waals surface area (Å²) in [6.07, 6.45) is 14.7. The minimum absolute atomic E-state index is 0.0485. The highest BCUT2D eigenvalue weighted by Crippen LogP contribution is 2.29. The van der Waals surface area contributed by atoms with E-state index in [0.717, 1.165) is 48.9 Å². The maximum absolute atomic E-state index is 12.2. The highest BCUT2D eigenvalue weighted by atomic mass is 16.1. The lowest BCUT2D eigenvalue weighted by Crippen LogP contribution is -2.33. The third-order valence-corrected chi connectivity index (χ3v) is 6.36. The first-order chi connectivity index (χ1) is 17.5. The number of aromatic nitrogens is 3. The monoisotopic (exact) mass is 485 g/mol. The van der Waals surface area contributed by atoms with Gasteiger partial charge in [-0.3, -0.25) is 14.9 Å². The van der Waals surface area contributed by atoms with Crippen molar-refractivity contribution in [3.05, 3.63) is 77.3 Å². The Hall–Kier alpha value is -3.94. The molecule has 1 atom stereocenters. The fourth-order valence-electron chi connectivity index (χ4n) is 4.37. The lowest BCUT2D eigenvalue weighted by atomic mass is 10.0. The summed E-state index contributed by atoms with van der Waals surface area (Å²) in [5.74, 6) is 0.409. The van der Waals surface area contributed by atoms with Gasteiger partial charge in [-0.05, 0) is 38.2 Å².